The number of thioether (sulfide) groups is 1. The fourth-order valence-corrected chi connectivity index (χ4v) is 1.60. The Labute approximate surface area is 90.8 Å². The number of nitrogens with zero attached hydrogens (tertiary/aromatic N) is 3. The molecule has 0 atom stereocenters. The molecule has 0 bridgehead atoms. The Hall–Kier alpha value is -1.75. The van der Waals surface area contributed by atoms with Gasteiger partial charge in [-0.25, -0.2) is 9.97 Å². The second-order valence-electron chi connectivity index (χ2n) is 2.66. The van der Waals surface area contributed by atoms with Gasteiger partial charge in [-0.05, 0) is 30.0 Å². The first-order valence-electron chi connectivity index (χ1n) is 4.25. The van der Waals surface area contributed by atoms with Gasteiger partial charge >= 0.3 is 0 Å². The van der Waals surface area contributed by atoms with Crippen LogP contribution in [0.15, 0.2) is 48.1 Å². The van der Waals surface area contributed by atoms with Crippen LogP contribution in [0, 0.1) is 0 Å². The smallest absolute Gasteiger partial charge is 0.228 e. The summed E-state index contributed by atoms with van der Waals surface area (Å²) >= 11 is 0.996. The fourth-order valence-electron chi connectivity index (χ4n) is 0.963. The topological polar surface area (TPSA) is 55.7 Å². The number of carbonyl (C=O) groups is 1. The Bertz CT molecular complexity index is 447. The second kappa shape index (κ2) is 4.65. The quantitative estimate of drug-likeness (QED) is 0.567. The van der Waals surface area contributed by atoms with E-state index in [0.717, 1.165) is 11.8 Å². The maximum Gasteiger partial charge on any atom is 0.228 e. The molecule has 0 fully saturated rings. The monoisotopic (exact) mass is 217 g/mol. The van der Waals surface area contributed by atoms with Crippen LogP contribution >= 0.6 is 11.8 Å². The highest BCUT2D eigenvalue weighted by molar-refractivity contribution is 8.14. The Morgan fingerprint density at radius 1 is 1.13 bits per heavy atom. The Balaban J connectivity index is 2.12. The lowest BCUT2D eigenvalue weighted by Gasteiger charge is -1.97. The first-order valence-corrected chi connectivity index (χ1v) is 5.07. The fraction of sp³-hybridized carbons (Fsp3) is 0. The summed E-state index contributed by atoms with van der Waals surface area (Å²) in [7, 11) is 0. The Morgan fingerprint density at radius 2 is 1.93 bits per heavy atom. The number of rotatable bonds is 2. The van der Waals surface area contributed by atoms with Crippen LogP contribution < -0.4 is 0 Å². The van der Waals surface area contributed by atoms with Gasteiger partial charge in [0, 0.05) is 30.4 Å². The van der Waals surface area contributed by atoms with Crippen LogP contribution in [-0.2, 0) is 0 Å². The van der Waals surface area contributed by atoms with E-state index in [9.17, 15) is 4.79 Å². The highest BCUT2D eigenvalue weighted by Gasteiger charge is 2.08. The SMILES string of the molecule is O=C(Sc1ncccn1)c1cccnc1. The molecule has 2 aromatic heterocycles. The minimum atomic E-state index is -0.102. The van der Waals surface area contributed by atoms with Gasteiger partial charge in [0.2, 0.25) is 5.12 Å². The van der Waals surface area contributed by atoms with Gasteiger partial charge in [-0.2, -0.15) is 0 Å². The third-order valence-corrected chi connectivity index (χ3v) is 2.44. The Morgan fingerprint density at radius 3 is 2.60 bits per heavy atom. The van der Waals surface area contributed by atoms with Crippen molar-refractivity contribution in [2.24, 2.45) is 0 Å². The summed E-state index contributed by atoms with van der Waals surface area (Å²) in [5.41, 5.74) is 0.551. The molecule has 15 heavy (non-hydrogen) atoms. The van der Waals surface area contributed by atoms with Crippen molar-refractivity contribution in [1.82, 2.24) is 15.0 Å². The van der Waals surface area contributed by atoms with E-state index < -0.39 is 0 Å². The lowest BCUT2D eigenvalue weighted by atomic mass is 10.3. The molecule has 0 unspecified atom stereocenters. The van der Waals surface area contributed by atoms with E-state index in [4.69, 9.17) is 0 Å². The predicted octanol–water partition coefficient (Wildman–Crippen LogP) is 1.80. The third kappa shape index (κ3) is 2.60. The normalized spacial score (nSPS) is 9.87. The molecule has 0 saturated carbocycles. The molecule has 0 N–H and O–H groups in total. The van der Waals surface area contributed by atoms with E-state index in [1.165, 1.54) is 6.20 Å². The van der Waals surface area contributed by atoms with Crippen molar-refractivity contribution in [3.05, 3.63) is 48.5 Å². The van der Waals surface area contributed by atoms with Crippen molar-refractivity contribution < 1.29 is 4.79 Å². The zero-order valence-electron chi connectivity index (χ0n) is 7.70. The van der Waals surface area contributed by atoms with Crippen molar-refractivity contribution in [3.63, 3.8) is 0 Å². The van der Waals surface area contributed by atoms with E-state index in [2.05, 4.69) is 15.0 Å². The van der Waals surface area contributed by atoms with E-state index in [1.54, 1.807) is 36.8 Å². The molecule has 0 saturated heterocycles. The molecule has 0 aliphatic carbocycles. The lowest BCUT2D eigenvalue weighted by molar-refractivity contribution is 0.108. The number of pyridine rings is 1. The Kier molecular flexibility index (Phi) is 3.04. The predicted molar refractivity (Wildman–Crippen MR) is 56.5 cm³/mol. The molecule has 2 rings (SSSR count). The van der Waals surface area contributed by atoms with E-state index in [-0.39, 0.29) is 5.12 Å². The number of hydrogen-bond donors (Lipinski definition) is 0. The third-order valence-electron chi connectivity index (χ3n) is 1.62. The average Bonchev–Trinajstić information content (AvgIpc) is 2.31. The summed E-state index contributed by atoms with van der Waals surface area (Å²) < 4.78 is 0. The first kappa shape index (κ1) is 9.79. The van der Waals surface area contributed by atoms with Gasteiger partial charge in [-0.3, -0.25) is 9.78 Å². The van der Waals surface area contributed by atoms with Crippen molar-refractivity contribution in [2.75, 3.05) is 0 Å². The summed E-state index contributed by atoms with van der Waals surface area (Å²) in [6.07, 6.45) is 6.36. The number of carbonyl (C=O) groups excluding carboxylic acids is 1. The molecule has 0 aromatic carbocycles. The molecule has 5 heteroatoms. The number of hydrogen-bond acceptors (Lipinski definition) is 5. The highest BCUT2D eigenvalue weighted by Crippen LogP contribution is 2.17. The van der Waals surface area contributed by atoms with Gasteiger partial charge in [0.05, 0.1) is 0 Å². The molecule has 2 aromatic rings. The van der Waals surface area contributed by atoms with E-state index in [1.807, 2.05) is 0 Å². The maximum absolute atomic E-state index is 11.7. The van der Waals surface area contributed by atoms with Gasteiger partial charge in [0.15, 0.2) is 5.16 Å². The van der Waals surface area contributed by atoms with Crippen LogP contribution in [0.4, 0.5) is 0 Å². The summed E-state index contributed by atoms with van der Waals surface area (Å²) in [6, 6.07) is 5.14. The van der Waals surface area contributed by atoms with Crippen LogP contribution in [0.2, 0.25) is 0 Å². The minimum Gasteiger partial charge on any atom is -0.281 e. The molecule has 0 spiro atoms. The standard InChI is InChI=1S/C10H7N3OS/c14-9(8-3-1-4-11-7-8)15-10-12-5-2-6-13-10/h1-7H. The maximum atomic E-state index is 11.7. The van der Waals surface area contributed by atoms with Crippen LogP contribution in [0.5, 0.6) is 0 Å². The van der Waals surface area contributed by atoms with Crippen LogP contribution in [0.1, 0.15) is 10.4 Å². The van der Waals surface area contributed by atoms with Gasteiger partial charge in [-0.1, -0.05) is 0 Å². The second-order valence-corrected chi connectivity index (χ2v) is 3.60. The van der Waals surface area contributed by atoms with Crippen molar-refractivity contribution in [3.8, 4) is 0 Å². The minimum absolute atomic E-state index is 0.102. The molecule has 0 aliphatic rings. The van der Waals surface area contributed by atoms with Crippen molar-refractivity contribution >= 4 is 16.9 Å². The van der Waals surface area contributed by atoms with Crippen molar-refractivity contribution in [2.45, 2.75) is 5.16 Å². The first-order chi connectivity index (χ1) is 7.36. The van der Waals surface area contributed by atoms with Gasteiger partial charge < -0.3 is 0 Å². The van der Waals surface area contributed by atoms with Gasteiger partial charge in [0.25, 0.3) is 0 Å². The molecule has 0 aliphatic heterocycles. The van der Waals surface area contributed by atoms with Crippen LogP contribution in [0.25, 0.3) is 0 Å². The molecule has 0 radical (unpaired) electrons. The highest BCUT2D eigenvalue weighted by atomic mass is 32.2. The van der Waals surface area contributed by atoms with Gasteiger partial charge in [0.1, 0.15) is 0 Å². The summed E-state index contributed by atoms with van der Waals surface area (Å²) in [6.45, 7) is 0. The van der Waals surface area contributed by atoms with Gasteiger partial charge in [-0.15, -0.1) is 0 Å². The van der Waals surface area contributed by atoms with Crippen LogP contribution in [0.3, 0.4) is 0 Å². The summed E-state index contributed by atoms with van der Waals surface area (Å²) in [4.78, 5) is 23.4. The molecule has 74 valence electrons. The molecular formula is C10H7N3OS. The van der Waals surface area contributed by atoms with E-state index in [0.29, 0.717) is 10.7 Å². The summed E-state index contributed by atoms with van der Waals surface area (Å²) in [5, 5.41) is 0.348. The average molecular weight is 217 g/mol. The lowest BCUT2D eigenvalue weighted by Crippen LogP contribution is -1.95. The van der Waals surface area contributed by atoms with Crippen molar-refractivity contribution in [1.29, 1.82) is 0 Å². The number of aromatic nitrogens is 3. The zero-order chi connectivity index (χ0) is 10.5. The molecule has 0 amide bonds. The summed E-state index contributed by atoms with van der Waals surface area (Å²) in [5.74, 6) is 0. The zero-order valence-corrected chi connectivity index (χ0v) is 8.52. The molecule has 2 heterocycles. The van der Waals surface area contributed by atoms with E-state index >= 15 is 0 Å². The molecule has 4 nitrogen and oxygen atoms in total. The molecular weight excluding hydrogens is 210 g/mol. The largest absolute Gasteiger partial charge is 0.281 e. The van der Waals surface area contributed by atoms with Crippen LogP contribution in [-0.4, -0.2) is 20.1 Å².